The molecule has 0 heterocycles. The lowest BCUT2D eigenvalue weighted by Gasteiger charge is -2.16. The van der Waals surface area contributed by atoms with Crippen molar-refractivity contribution in [2.24, 2.45) is 5.73 Å². The molecule has 126 valence electrons. The number of halogens is 7. The van der Waals surface area contributed by atoms with Crippen LogP contribution in [0.5, 0.6) is 5.75 Å². The lowest BCUT2D eigenvalue weighted by Crippen LogP contribution is -2.17. The molecule has 0 aliphatic rings. The first-order valence-corrected chi connectivity index (χ1v) is 6.69. The minimum Gasteiger partial charge on any atom is -0.406 e. The molecular formula is C14H10Cl3F4NO. The lowest BCUT2D eigenvalue weighted by molar-refractivity contribution is -0.274. The Kier molecular flexibility index (Phi) is 6.53. The molecule has 9 heteroatoms. The van der Waals surface area contributed by atoms with Crippen molar-refractivity contribution in [1.29, 1.82) is 0 Å². The predicted octanol–water partition coefficient (Wildman–Crippen LogP) is 5.50. The van der Waals surface area contributed by atoms with Gasteiger partial charge in [-0.05, 0) is 29.8 Å². The Morgan fingerprint density at radius 3 is 2.00 bits per heavy atom. The van der Waals surface area contributed by atoms with E-state index in [1.807, 2.05) is 0 Å². The summed E-state index contributed by atoms with van der Waals surface area (Å²) in [6, 6.07) is 6.45. The van der Waals surface area contributed by atoms with Crippen LogP contribution in [0.25, 0.3) is 0 Å². The molecule has 0 saturated carbocycles. The van der Waals surface area contributed by atoms with Crippen molar-refractivity contribution in [2.45, 2.75) is 12.4 Å². The van der Waals surface area contributed by atoms with Crippen LogP contribution >= 0.6 is 35.6 Å². The van der Waals surface area contributed by atoms with Crippen molar-refractivity contribution < 1.29 is 22.3 Å². The maximum absolute atomic E-state index is 14.0. The van der Waals surface area contributed by atoms with E-state index >= 15 is 0 Å². The minimum atomic E-state index is -4.79. The third kappa shape index (κ3) is 4.88. The average Bonchev–Trinajstić information content (AvgIpc) is 2.42. The molecule has 0 aromatic heterocycles. The smallest absolute Gasteiger partial charge is 0.406 e. The molecule has 0 aliphatic carbocycles. The Balaban J connectivity index is 0.00000264. The first kappa shape index (κ1) is 19.8. The highest BCUT2D eigenvalue weighted by Gasteiger charge is 2.31. The van der Waals surface area contributed by atoms with E-state index in [1.165, 1.54) is 24.3 Å². The maximum Gasteiger partial charge on any atom is 0.573 e. The van der Waals surface area contributed by atoms with Crippen molar-refractivity contribution in [3.63, 3.8) is 0 Å². The van der Waals surface area contributed by atoms with Gasteiger partial charge < -0.3 is 10.5 Å². The molecule has 23 heavy (non-hydrogen) atoms. The fourth-order valence-corrected chi connectivity index (χ4v) is 2.30. The van der Waals surface area contributed by atoms with Crippen molar-refractivity contribution in [3.8, 4) is 5.75 Å². The molecule has 1 atom stereocenters. The van der Waals surface area contributed by atoms with Gasteiger partial charge in [0.2, 0.25) is 0 Å². The van der Waals surface area contributed by atoms with Gasteiger partial charge in [0.15, 0.2) is 0 Å². The highest BCUT2D eigenvalue weighted by atomic mass is 35.5. The molecule has 0 unspecified atom stereocenters. The van der Waals surface area contributed by atoms with E-state index in [1.54, 1.807) is 0 Å². The molecule has 2 aromatic carbocycles. The number of hydrogen-bond donors (Lipinski definition) is 1. The number of rotatable bonds is 3. The van der Waals surface area contributed by atoms with Crippen LogP contribution in [-0.2, 0) is 0 Å². The average molecular weight is 391 g/mol. The zero-order valence-electron chi connectivity index (χ0n) is 11.2. The van der Waals surface area contributed by atoms with E-state index in [9.17, 15) is 17.6 Å². The number of benzene rings is 2. The maximum atomic E-state index is 14.0. The number of hydrogen-bond acceptors (Lipinski definition) is 2. The van der Waals surface area contributed by atoms with Gasteiger partial charge >= 0.3 is 6.36 Å². The van der Waals surface area contributed by atoms with Gasteiger partial charge in [-0.2, -0.15) is 0 Å². The highest BCUT2D eigenvalue weighted by Crippen LogP contribution is 2.33. The second-order valence-electron chi connectivity index (χ2n) is 4.35. The first-order valence-electron chi connectivity index (χ1n) is 5.93. The summed E-state index contributed by atoms with van der Waals surface area (Å²) in [6.45, 7) is 0. The third-order valence-corrected chi connectivity index (χ3v) is 3.48. The zero-order valence-corrected chi connectivity index (χ0v) is 13.5. The normalized spacial score (nSPS) is 12.5. The third-order valence-electron chi connectivity index (χ3n) is 2.86. The summed E-state index contributed by atoms with van der Waals surface area (Å²) >= 11 is 11.6. The molecule has 2 N–H and O–H groups in total. The Labute approximate surface area is 145 Å². The summed E-state index contributed by atoms with van der Waals surface area (Å²) in [5.41, 5.74) is 6.25. The van der Waals surface area contributed by atoms with E-state index in [0.717, 1.165) is 12.1 Å². The SMILES string of the molecule is Cl.N[C@@H](c1ccc(OC(F)(F)F)cc1)c1c(Cl)ccc(Cl)c1F. The molecule has 0 radical (unpaired) electrons. The highest BCUT2D eigenvalue weighted by molar-refractivity contribution is 6.33. The van der Waals surface area contributed by atoms with Crippen LogP contribution in [0.3, 0.4) is 0 Å². The van der Waals surface area contributed by atoms with Crippen LogP contribution in [0.4, 0.5) is 17.6 Å². The monoisotopic (exact) mass is 389 g/mol. The van der Waals surface area contributed by atoms with Crippen LogP contribution in [0.15, 0.2) is 36.4 Å². The summed E-state index contributed by atoms with van der Waals surface area (Å²) in [4.78, 5) is 0. The molecule has 2 nitrogen and oxygen atoms in total. The Bertz CT molecular complexity index is 677. The topological polar surface area (TPSA) is 35.2 Å². The van der Waals surface area contributed by atoms with Gasteiger partial charge in [0.05, 0.1) is 11.1 Å². The molecule has 0 spiro atoms. The van der Waals surface area contributed by atoms with E-state index in [0.29, 0.717) is 5.56 Å². The van der Waals surface area contributed by atoms with E-state index in [-0.39, 0.29) is 28.0 Å². The number of ether oxygens (including phenoxy) is 1. The standard InChI is InChI=1S/C14H9Cl2F4NO.ClH/c15-9-5-6-10(16)12(17)11(9)13(21)7-1-3-8(4-2-7)22-14(18,19)20;/h1-6,13H,21H2;1H/t13-;/m0./s1. The fourth-order valence-electron chi connectivity index (χ4n) is 1.87. The molecule has 2 rings (SSSR count). The van der Waals surface area contributed by atoms with Gasteiger partial charge in [0.25, 0.3) is 0 Å². The summed E-state index contributed by atoms with van der Waals surface area (Å²) in [6.07, 6.45) is -4.79. The van der Waals surface area contributed by atoms with Crippen LogP contribution in [0.2, 0.25) is 10.0 Å². The number of alkyl halides is 3. The van der Waals surface area contributed by atoms with Crippen LogP contribution in [0, 0.1) is 5.82 Å². The summed E-state index contributed by atoms with van der Waals surface area (Å²) < 4.78 is 54.0. The second kappa shape index (κ2) is 7.57. The van der Waals surface area contributed by atoms with Gasteiger partial charge in [0.1, 0.15) is 11.6 Å². The second-order valence-corrected chi connectivity index (χ2v) is 5.17. The van der Waals surface area contributed by atoms with Gasteiger partial charge in [0, 0.05) is 10.6 Å². The van der Waals surface area contributed by atoms with Gasteiger partial charge in [-0.3, -0.25) is 0 Å². The van der Waals surface area contributed by atoms with E-state index < -0.39 is 24.0 Å². The molecule has 0 amide bonds. The van der Waals surface area contributed by atoms with Crippen molar-refractivity contribution >= 4 is 35.6 Å². The Morgan fingerprint density at radius 2 is 1.48 bits per heavy atom. The van der Waals surface area contributed by atoms with Crippen molar-refractivity contribution in [2.75, 3.05) is 0 Å². The van der Waals surface area contributed by atoms with Crippen LogP contribution in [-0.4, -0.2) is 6.36 Å². The molecular weight excluding hydrogens is 381 g/mol. The van der Waals surface area contributed by atoms with Crippen molar-refractivity contribution in [1.82, 2.24) is 0 Å². The largest absolute Gasteiger partial charge is 0.573 e. The van der Waals surface area contributed by atoms with Crippen molar-refractivity contribution in [3.05, 3.63) is 63.4 Å². The van der Waals surface area contributed by atoms with E-state index in [2.05, 4.69) is 4.74 Å². The molecule has 0 bridgehead atoms. The quantitative estimate of drug-likeness (QED) is 0.555. The number of nitrogens with two attached hydrogens (primary N) is 1. The fraction of sp³-hybridized carbons (Fsp3) is 0.143. The summed E-state index contributed by atoms with van der Waals surface area (Å²) in [5.74, 6) is -1.17. The van der Waals surface area contributed by atoms with E-state index in [4.69, 9.17) is 28.9 Å². The molecule has 0 aliphatic heterocycles. The zero-order chi connectivity index (χ0) is 16.5. The summed E-state index contributed by atoms with van der Waals surface area (Å²) in [5, 5.41) is -0.0723. The van der Waals surface area contributed by atoms with Crippen LogP contribution < -0.4 is 10.5 Å². The Morgan fingerprint density at radius 1 is 0.957 bits per heavy atom. The predicted molar refractivity (Wildman–Crippen MR) is 82.8 cm³/mol. The minimum absolute atomic E-state index is 0. The van der Waals surface area contributed by atoms with Gasteiger partial charge in [-0.25, -0.2) is 4.39 Å². The lowest BCUT2D eigenvalue weighted by atomic mass is 9.99. The van der Waals surface area contributed by atoms with Gasteiger partial charge in [-0.15, -0.1) is 25.6 Å². The first-order chi connectivity index (χ1) is 10.2. The molecule has 0 fully saturated rings. The summed E-state index contributed by atoms with van der Waals surface area (Å²) in [7, 11) is 0. The van der Waals surface area contributed by atoms with Crippen LogP contribution in [0.1, 0.15) is 17.2 Å². The van der Waals surface area contributed by atoms with Gasteiger partial charge in [-0.1, -0.05) is 35.3 Å². The molecule has 2 aromatic rings. The Hall–Kier alpha value is -1.21. The molecule has 0 saturated heterocycles.